The van der Waals surface area contributed by atoms with Gasteiger partial charge in [-0.25, -0.2) is 0 Å². The Morgan fingerprint density at radius 1 is 0.340 bits per heavy atom. The van der Waals surface area contributed by atoms with Crippen LogP contribution in [-0.2, 0) is 5.41 Å². The molecule has 0 bridgehead atoms. The van der Waals surface area contributed by atoms with Crippen LogP contribution in [0.5, 0.6) is 0 Å². The van der Waals surface area contributed by atoms with Crippen LogP contribution in [0.25, 0.3) is 34.1 Å². The molecule has 2 heteroatoms. The Labute approximate surface area is 314 Å². The Bertz CT molecular complexity index is 2530. The second-order valence-electron chi connectivity index (χ2n) is 14.9. The minimum Gasteiger partial charge on any atom is -0.0687 e. The Morgan fingerprint density at radius 2 is 0.755 bits per heavy atom. The van der Waals surface area contributed by atoms with Gasteiger partial charge in [0.15, 0.2) is 0 Å². The van der Waals surface area contributed by atoms with E-state index in [2.05, 4.69) is 220 Å². The van der Waals surface area contributed by atoms with Gasteiger partial charge in [-0.3, -0.25) is 0 Å². The number of fused-ring (bicyclic) bond motifs is 4. The molecule has 0 saturated carbocycles. The maximum absolute atomic E-state index is 2.48. The lowest BCUT2D eigenvalue weighted by Crippen LogP contribution is -2.52. The number of rotatable bonds is 8. The highest BCUT2D eigenvalue weighted by molar-refractivity contribution is 6.96. The third-order valence-corrected chi connectivity index (χ3v) is 11.3. The molecule has 0 heterocycles. The third kappa shape index (κ3) is 6.25. The highest BCUT2D eigenvalue weighted by atomic mass is 14.4. The molecule has 0 radical (unpaired) electrons. The summed E-state index contributed by atoms with van der Waals surface area (Å²) in [6, 6.07) is 71.4. The molecule has 9 rings (SSSR count). The zero-order valence-electron chi connectivity index (χ0n) is 30.3. The summed E-state index contributed by atoms with van der Waals surface area (Å²) >= 11 is 0. The van der Waals surface area contributed by atoms with E-state index in [0.29, 0.717) is 0 Å². The molecule has 0 nitrogen and oxygen atoms in total. The first-order valence-electron chi connectivity index (χ1n) is 18.7. The smallest absolute Gasteiger partial charge is 0.0687 e. The van der Waals surface area contributed by atoms with E-state index in [1.54, 1.807) is 0 Å². The van der Waals surface area contributed by atoms with Crippen molar-refractivity contribution in [2.45, 2.75) is 19.3 Å². The van der Waals surface area contributed by atoms with E-state index in [1.807, 2.05) is 0 Å². The van der Waals surface area contributed by atoms with E-state index < -0.39 is 0 Å². The quantitative estimate of drug-likeness (QED) is 0.112. The van der Waals surface area contributed by atoms with Gasteiger partial charge < -0.3 is 0 Å². The molecule has 0 spiro atoms. The van der Waals surface area contributed by atoms with Crippen molar-refractivity contribution in [3.05, 3.63) is 216 Å². The molecule has 1 aliphatic rings. The summed E-state index contributed by atoms with van der Waals surface area (Å²) in [5.41, 5.74) is 15.6. The molecule has 8 aromatic rings. The van der Waals surface area contributed by atoms with Gasteiger partial charge in [0.1, 0.15) is 0 Å². The fraction of sp³-hybridized carbons (Fsp3) is 0.0588. The van der Waals surface area contributed by atoms with Crippen LogP contribution in [0.1, 0.15) is 36.1 Å². The van der Waals surface area contributed by atoms with Gasteiger partial charge >= 0.3 is 0 Å². The highest BCUT2D eigenvalue weighted by Gasteiger charge is 2.36. The molecular formula is C51H40B2. The number of benzene rings is 8. The Kier molecular flexibility index (Phi) is 8.53. The molecular weight excluding hydrogens is 634 g/mol. The van der Waals surface area contributed by atoms with Crippen LogP contribution in [0.3, 0.4) is 0 Å². The van der Waals surface area contributed by atoms with Gasteiger partial charge in [0, 0.05) is 5.41 Å². The van der Waals surface area contributed by atoms with Crippen molar-refractivity contribution in [3.63, 3.8) is 0 Å². The monoisotopic (exact) mass is 674 g/mol. The molecule has 0 aromatic heterocycles. The van der Waals surface area contributed by atoms with E-state index in [9.17, 15) is 0 Å². The molecule has 0 amide bonds. The lowest BCUT2D eigenvalue weighted by atomic mass is 9.36. The van der Waals surface area contributed by atoms with Crippen LogP contribution in [0, 0.1) is 0 Å². The molecule has 53 heavy (non-hydrogen) atoms. The van der Waals surface area contributed by atoms with Crippen LogP contribution in [-0.4, -0.2) is 13.4 Å². The average Bonchev–Trinajstić information content (AvgIpc) is 3.44. The predicted molar refractivity (Wildman–Crippen MR) is 232 cm³/mol. The van der Waals surface area contributed by atoms with Gasteiger partial charge in [0.05, 0.1) is 0 Å². The predicted octanol–water partition coefficient (Wildman–Crippen LogP) is 8.35. The van der Waals surface area contributed by atoms with Crippen LogP contribution in [0.15, 0.2) is 194 Å². The fourth-order valence-electron chi connectivity index (χ4n) is 8.53. The first-order valence-corrected chi connectivity index (χ1v) is 18.7. The van der Waals surface area contributed by atoms with E-state index in [-0.39, 0.29) is 18.8 Å². The van der Waals surface area contributed by atoms with Crippen LogP contribution in [0.4, 0.5) is 0 Å². The van der Waals surface area contributed by atoms with Crippen molar-refractivity contribution in [2.24, 2.45) is 0 Å². The first kappa shape index (κ1) is 32.8. The summed E-state index contributed by atoms with van der Waals surface area (Å²) in [7, 11) is 0. The molecule has 0 atom stereocenters. The highest BCUT2D eigenvalue weighted by Crippen LogP contribution is 2.48. The molecule has 0 fully saturated rings. The van der Waals surface area contributed by atoms with Crippen molar-refractivity contribution < 1.29 is 0 Å². The lowest BCUT2D eigenvalue weighted by Gasteiger charge is -2.24. The fourth-order valence-corrected chi connectivity index (χ4v) is 8.53. The van der Waals surface area contributed by atoms with Gasteiger partial charge in [-0.1, -0.05) is 253 Å². The number of hydrogen-bond donors (Lipinski definition) is 0. The zero-order valence-corrected chi connectivity index (χ0v) is 30.3. The van der Waals surface area contributed by atoms with Crippen molar-refractivity contribution in [2.75, 3.05) is 0 Å². The van der Waals surface area contributed by atoms with Crippen LogP contribution < -0.4 is 32.8 Å². The Balaban J connectivity index is 1.01. The SMILES string of the molecule is CC1(C)c2cc(/C=C/c3ccc(B(c4ccccc4)c4ccccc4)cc3)ccc2-c2ccc(B(c3ccccc3)c3ccc4ccccc4c3)cc21. The normalized spacial score (nSPS) is 12.8. The summed E-state index contributed by atoms with van der Waals surface area (Å²) < 4.78 is 0. The van der Waals surface area contributed by atoms with Gasteiger partial charge in [0.25, 0.3) is 0 Å². The standard InChI is InChI=1S/C51H40B2/c1-51(2)49-34-38(23-22-37-24-28-44(29-25-37)52(41-16-6-3-7-17-41)42-18-8-4-9-19-42)26-32-47(49)48-33-31-46(36-50(48)51)53(43-20-10-5-11-21-43)45-30-27-39-14-12-13-15-40(39)35-45/h3-36H,1-2H3/b23-22+. The van der Waals surface area contributed by atoms with Gasteiger partial charge in [-0.05, 0) is 44.2 Å². The Morgan fingerprint density at radius 3 is 1.38 bits per heavy atom. The molecule has 0 aliphatic heterocycles. The average molecular weight is 675 g/mol. The largest absolute Gasteiger partial charge is 0.241 e. The van der Waals surface area contributed by atoms with Crippen LogP contribution >= 0.6 is 0 Å². The maximum Gasteiger partial charge on any atom is 0.241 e. The second-order valence-corrected chi connectivity index (χ2v) is 14.9. The zero-order chi connectivity index (χ0) is 35.8. The van der Waals surface area contributed by atoms with Crippen molar-refractivity contribution in [1.29, 1.82) is 0 Å². The summed E-state index contributed by atoms with van der Waals surface area (Å²) in [6.45, 7) is 5.12. The summed E-state index contributed by atoms with van der Waals surface area (Å²) in [4.78, 5) is 0. The van der Waals surface area contributed by atoms with Gasteiger partial charge in [-0.15, -0.1) is 0 Å². The topological polar surface area (TPSA) is 0 Å². The molecule has 1 aliphatic carbocycles. The Hall–Kier alpha value is -6.11. The molecule has 250 valence electrons. The van der Waals surface area contributed by atoms with Crippen molar-refractivity contribution in [1.82, 2.24) is 0 Å². The third-order valence-electron chi connectivity index (χ3n) is 11.3. The van der Waals surface area contributed by atoms with Crippen LogP contribution in [0.2, 0.25) is 0 Å². The summed E-state index contributed by atoms with van der Waals surface area (Å²) in [5.74, 6) is 0. The first-order chi connectivity index (χ1) is 26.0. The number of hydrogen-bond acceptors (Lipinski definition) is 0. The van der Waals surface area contributed by atoms with Crippen molar-refractivity contribution in [3.8, 4) is 11.1 Å². The minimum absolute atomic E-state index is 0.124. The molecule has 0 unspecified atom stereocenters. The van der Waals surface area contributed by atoms with E-state index in [0.717, 1.165) is 0 Å². The molecule has 8 aromatic carbocycles. The molecule has 0 N–H and O–H groups in total. The minimum atomic E-state index is -0.124. The lowest BCUT2D eigenvalue weighted by molar-refractivity contribution is 0.660. The van der Waals surface area contributed by atoms with E-state index in [1.165, 1.54) is 76.9 Å². The van der Waals surface area contributed by atoms with Crippen molar-refractivity contribution >= 4 is 69.1 Å². The van der Waals surface area contributed by atoms with Gasteiger partial charge in [-0.2, -0.15) is 0 Å². The van der Waals surface area contributed by atoms with E-state index >= 15 is 0 Å². The molecule has 0 saturated heterocycles. The van der Waals surface area contributed by atoms with E-state index in [4.69, 9.17) is 0 Å². The summed E-state index contributed by atoms with van der Waals surface area (Å²) in [6.07, 6.45) is 4.50. The van der Waals surface area contributed by atoms with Gasteiger partial charge in [0.2, 0.25) is 13.4 Å². The maximum atomic E-state index is 2.48. The second kappa shape index (κ2) is 13.8. The summed E-state index contributed by atoms with van der Waals surface area (Å²) in [5, 5.41) is 2.55.